The van der Waals surface area contributed by atoms with E-state index >= 15 is 0 Å². The van der Waals surface area contributed by atoms with Gasteiger partial charge < -0.3 is 10.6 Å². The first kappa shape index (κ1) is 26.5. The number of benzene rings is 1. The summed E-state index contributed by atoms with van der Waals surface area (Å²) in [4.78, 5) is 33.2. The normalized spacial score (nSPS) is 11.7. The van der Waals surface area contributed by atoms with Crippen LogP contribution < -0.4 is 21.5 Å². The van der Waals surface area contributed by atoms with Crippen LogP contribution in [0.5, 0.6) is 0 Å². The first-order valence-corrected chi connectivity index (χ1v) is 13.6. The van der Waals surface area contributed by atoms with Crippen LogP contribution in [0.1, 0.15) is 44.1 Å². The molecule has 1 heterocycles. The van der Waals surface area contributed by atoms with E-state index in [4.69, 9.17) is 4.84 Å². The largest absolute Gasteiger partial charge is 0.380 e. The van der Waals surface area contributed by atoms with Gasteiger partial charge in [0.25, 0.3) is 10.9 Å². The van der Waals surface area contributed by atoms with E-state index in [1.165, 1.54) is 0 Å². The summed E-state index contributed by atoms with van der Waals surface area (Å²) in [6.07, 6.45) is 9.79. The van der Waals surface area contributed by atoms with Crippen LogP contribution in [0.15, 0.2) is 64.4 Å². The first-order chi connectivity index (χ1) is 16.9. The number of hydroxylamine groups is 1. The van der Waals surface area contributed by atoms with Gasteiger partial charge in [-0.3, -0.25) is 19.4 Å². The summed E-state index contributed by atoms with van der Waals surface area (Å²) in [6, 6.07) is 12.9. The molecule has 0 bridgehead atoms. The van der Waals surface area contributed by atoms with Gasteiger partial charge in [-0.25, -0.2) is 8.42 Å². The summed E-state index contributed by atoms with van der Waals surface area (Å²) in [5.41, 5.74) is 1.25. The molecule has 0 aliphatic heterocycles. The Hall–Kier alpha value is -3.08. The molecule has 0 radical (unpaired) electrons. The van der Waals surface area contributed by atoms with Crippen LogP contribution in [-0.2, 0) is 21.5 Å². The molecular weight excluding hydrogens is 468 g/mol. The Morgan fingerprint density at radius 2 is 1.49 bits per heavy atom. The van der Waals surface area contributed by atoms with E-state index in [1.807, 2.05) is 30.3 Å². The number of hydrogen-bond acceptors (Lipinski definition) is 8. The van der Waals surface area contributed by atoms with Gasteiger partial charge in [0, 0.05) is 31.2 Å². The fourth-order valence-electron chi connectivity index (χ4n) is 3.59. The Morgan fingerprint density at radius 3 is 2.17 bits per heavy atom. The van der Waals surface area contributed by atoms with Crippen LogP contribution in [0, 0.1) is 0 Å². The molecular formula is C25H32N4O5S. The van der Waals surface area contributed by atoms with Crippen molar-refractivity contribution in [3.63, 3.8) is 0 Å². The zero-order valence-corrected chi connectivity index (χ0v) is 20.7. The smallest absolute Gasteiger partial charge is 0.253 e. The summed E-state index contributed by atoms with van der Waals surface area (Å²) in [6.45, 7) is 1.14. The summed E-state index contributed by atoms with van der Waals surface area (Å²) in [7, 11) is -3.44. The molecule has 0 unspecified atom stereocenters. The fraction of sp³-hybridized carbons (Fsp3) is 0.400. The highest BCUT2D eigenvalue weighted by molar-refractivity contribution is 7.88. The third-order valence-corrected chi connectivity index (χ3v) is 6.54. The van der Waals surface area contributed by atoms with E-state index in [-0.39, 0.29) is 6.61 Å². The molecule has 0 amide bonds. The monoisotopic (exact) mass is 500 g/mol. The van der Waals surface area contributed by atoms with Gasteiger partial charge in [-0.05, 0) is 30.5 Å². The minimum absolute atomic E-state index is 0.214. The third kappa shape index (κ3) is 8.27. The molecule has 0 atom stereocenters. The van der Waals surface area contributed by atoms with Crippen LogP contribution in [0.4, 0.5) is 17.1 Å². The Labute approximate surface area is 205 Å². The molecule has 0 saturated heterocycles. The van der Waals surface area contributed by atoms with E-state index in [0.29, 0.717) is 36.6 Å². The quantitative estimate of drug-likeness (QED) is 0.174. The van der Waals surface area contributed by atoms with Gasteiger partial charge >= 0.3 is 0 Å². The summed E-state index contributed by atoms with van der Waals surface area (Å²) < 4.78 is 25.0. The zero-order valence-electron chi connectivity index (χ0n) is 19.9. The highest BCUT2D eigenvalue weighted by atomic mass is 32.2. The van der Waals surface area contributed by atoms with Crippen molar-refractivity contribution in [2.24, 2.45) is 0 Å². The number of pyridine rings is 1. The number of anilines is 3. The molecule has 1 aromatic heterocycles. The van der Waals surface area contributed by atoms with Crippen molar-refractivity contribution in [3.8, 4) is 0 Å². The Kier molecular flexibility index (Phi) is 9.95. The lowest BCUT2D eigenvalue weighted by Gasteiger charge is -2.19. The average molecular weight is 501 g/mol. The second-order valence-corrected chi connectivity index (χ2v) is 10.2. The Morgan fingerprint density at radius 1 is 0.857 bits per heavy atom. The lowest BCUT2D eigenvalue weighted by Crippen LogP contribution is -2.36. The van der Waals surface area contributed by atoms with Crippen molar-refractivity contribution < 1.29 is 13.3 Å². The predicted molar refractivity (Wildman–Crippen MR) is 138 cm³/mol. The Balaban J connectivity index is 1.29. The van der Waals surface area contributed by atoms with Crippen LogP contribution in [-0.4, -0.2) is 37.2 Å². The molecule has 0 saturated carbocycles. The molecule has 9 nitrogen and oxygen atoms in total. The zero-order chi connectivity index (χ0) is 25.1. The van der Waals surface area contributed by atoms with Crippen molar-refractivity contribution >= 4 is 27.1 Å². The maximum absolute atomic E-state index is 12.0. The number of unbranched alkanes of at least 4 members (excludes halogenated alkanes) is 5. The second kappa shape index (κ2) is 13.1. The van der Waals surface area contributed by atoms with Gasteiger partial charge in [0.05, 0.1) is 12.9 Å². The third-order valence-electron chi connectivity index (χ3n) is 5.52. The molecule has 188 valence electrons. The number of hydrogen-bond donors (Lipinski definition) is 2. The highest BCUT2D eigenvalue weighted by Crippen LogP contribution is 2.20. The van der Waals surface area contributed by atoms with Crippen LogP contribution in [0.25, 0.3) is 0 Å². The van der Waals surface area contributed by atoms with Crippen molar-refractivity contribution in [1.29, 1.82) is 0 Å². The molecule has 0 aliphatic carbocycles. The highest BCUT2D eigenvalue weighted by Gasteiger charge is 2.20. The Bertz CT molecular complexity index is 1230. The topological polar surface area (TPSA) is 118 Å². The summed E-state index contributed by atoms with van der Waals surface area (Å²) in [5, 5.41) is 6.04. The van der Waals surface area contributed by atoms with E-state index in [0.717, 1.165) is 48.4 Å². The maximum Gasteiger partial charge on any atom is 0.253 e. The van der Waals surface area contributed by atoms with E-state index in [2.05, 4.69) is 15.6 Å². The standard InChI is InChI=1S/C25H32N4O5S/c1-35(32,33)29(34-19-20-11-7-6-8-12-20)18-10-5-3-2-4-9-15-27-22-23(25(31)24(22)30)28-21-13-16-26-17-14-21/h6-8,11-14,16-17,27H,2-5,9-10,15,18-19H2,1H3,(H,26,28). The van der Waals surface area contributed by atoms with Crippen LogP contribution in [0.2, 0.25) is 0 Å². The first-order valence-electron chi connectivity index (χ1n) is 11.7. The van der Waals surface area contributed by atoms with Crippen LogP contribution in [0.3, 0.4) is 0 Å². The van der Waals surface area contributed by atoms with Crippen molar-refractivity contribution in [2.45, 2.75) is 45.1 Å². The molecule has 10 heteroatoms. The summed E-state index contributed by atoms with van der Waals surface area (Å²) >= 11 is 0. The molecule has 0 spiro atoms. The van der Waals surface area contributed by atoms with Crippen molar-refractivity contribution in [3.05, 3.63) is 80.9 Å². The SMILES string of the molecule is CS(=O)(=O)N(CCCCCCCCNc1c(Nc2ccncc2)c(=O)c1=O)OCc1ccccc1. The predicted octanol–water partition coefficient (Wildman–Crippen LogP) is 3.57. The lowest BCUT2D eigenvalue weighted by molar-refractivity contribution is -0.0962. The van der Waals surface area contributed by atoms with Gasteiger partial charge in [-0.2, -0.15) is 0 Å². The van der Waals surface area contributed by atoms with E-state index in [1.54, 1.807) is 24.5 Å². The number of aromatic nitrogens is 1. The number of rotatable bonds is 16. The molecule has 3 aromatic rings. The van der Waals surface area contributed by atoms with Crippen molar-refractivity contribution in [2.75, 3.05) is 30.0 Å². The maximum atomic E-state index is 12.0. The molecule has 2 aromatic carbocycles. The van der Waals surface area contributed by atoms with Gasteiger partial charge in [0.2, 0.25) is 10.0 Å². The lowest BCUT2D eigenvalue weighted by atomic mass is 10.1. The minimum Gasteiger partial charge on any atom is -0.380 e. The van der Waals surface area contributed by atoms with E-state index < -0.39 is 20.9 Å². The minimum atomic E-state index is -3.44. The number of sulfonamides is 1. The number of nitrogens with zero attached hydrogens (tertiary/aromatic N) is 2. The second-order valence-electron chi connectivity index (χ2n) is 8.37. The average Bonchev–Trinajstić information content (AvgIpc) is 2.86. The van der Waals surface area contributed by atoms with Gasteiger partial charge in [0.1, 0.15) is 11.4 Å². The summed E-state index contributed by atoms with van der Waals surface area (Å²) in [5.74, 6) is 0. The number of nitrogens with one attached hydrogen (secondary N) is 2. The molecule has 3 rings (SSSR count). The van der Waals surface area contributed by atoms with Gasteiger partial charge in [0.15, 0.2) is 0 Å². The van der Waals surface area contributed by atoms with Gasteiger partial charge in [-0.1, -0.05) is 60.5 Å². The molecule has 2 N–H and O–H groups in total. The van der Waals surface area contributed by atoms with Gasteiger partial charge in [-0.15, -0.1) is 0 Å². The fourth-order valence-corrected chi connectivity index (χ4v) is 4.30. The van der Waals surface area contributed by atoms with Crippen LogP contribution >= 0.6 is 0 Å². The molecule has 35 heavy (non-hydrogen) atoms. The van der Waals surface area contributed by atoms with Crippen molar-refractivity contribution in [1.82, 2.24) is 9.45 Å². The molecule has 0 fully saturated rings. The molecule has 0 aliphatic rings. The van der Waals surface area contributed by atoms with E-state index in [9.17, 15) is 18.0 Å².